The Morgan fingerprint density at radius 1 is 1.14 bits per heavy atom. The first-order valence-electron chi connectivity index (χ1n) is 9.72. The number of hydrogen-bond donors (Lipinski definition) is 1. The first kappa shape index (κ1) is 20.6. The Balaban J connectivity index is 1.73. The molecule has 0 saturated carbocycles. The highest BCUT2D eigenvalue weighted by Gasteiger charge is 2.34. The van der Waals surface area contributed by atoms with Crippen molar-refractivity contribution in [1.82, 2.24) is 9.62 Å². The van der Waals surface area contributed by atoms with Crippen LogP contribution in [0, 0.1) is 19.8 Å². The van der Waals surface area contributed by atoms with Crippen molar-refractivity contribution in [3.05, 3.63) is 65.2 Å². The average Bonchev–Trinajstić information content (AvgIpc) is 2.70. The second-order valence-corrected chi connectivity index (χ2v) is 9.52. The van der Waals surface area contributed by atoms with Crippen molar-refractivity contribution in [3.63, 3.8) is 0 Å². The Labute approximate surface area is 167 Å². The molecule has 0 aromatic heterocycles. The van der Waals surface area contributed by atoms with Crippen LogP contribution in [0.3, 0.4) is 0 Å². The number of hydrogen-bond acceptors (Lipinski definition) is 3. The van der Waals surface area contributed by atoms with Crippen LogP contribution in [0.5, 0.6) is 0 Å². The van der Waals surface area contributed by atoms with E-state index in [9.17, 15) is 13.2 Å². The van der Waals surface area contributed by atoms with E-state index in [1.807, 2.05) is 63.2 Å². The van der Waals surface area contributed by atoms with Gasteiger partial charge in [0, 0.05) is 13.1 Å². The van der Waals surface area contributed by atoms with Gasteiger partial charge in [-0.2, -0.15) is 4.31 Å². The molecule has 28 heavy (non-hydrogen) atoms. The van der Waals surface area contributed by atoms with Crippen molar-refractivity contribution in [3.8, 4) is 0 Å². The van der Waals surface area contributed by atoms with Crippen molar-refractivity contribution < 1.29 is 13.2 Å². The van der Waals surface area contributed by atoms with Gasteiger partial charge in [-0.25, -0.2) is 8.42 Å². The molecular weight excluding hydrogens is 372 g/mol. The van der Waals surface area contributed by atoms with Gasteiger partial charge in [-0.15, -0.1) is 0 Å². The molecule has 2 aromatic rings. The summed E-state index contributed by atoms with van der Waals surface area (Å²) in [6, 6.07) is 15.1. The van der Waals surface area contributed by atoms with Crippen molar-refractivity contribution in [1.29, 1.82) is 0 Å². The van der Waals surface area contributed by atoms with Gasteiger partial charge in [-0.3, -0.25) is 4.79 Å². The molecule has 3 rings (SSSR count). The molecule has 0 radical (unpaired) electrons. The van der Waals surface area contributed by atoms with Crippen LogP contribution in [0.15, 0.2) is 53.4 Å². The summed E-state index contributed by atoms with van der Waals surface area (Å²) in [5.74, 6) is -0.419. The summed E-state index contributed by atoms with van der Waals surface area (Å²) in [6.45, 7) is 6.31. The summed E-state index contributed by atoms with van der Waals surface area (Å²) in [5, 5.41) is 3.04. The molecule has 0 aliphatic carbocycles. The molecule has 150 valence electrons. The highest BCUT2D eigenvalue weighted by atomic mass is 32.2. The number of amides is 1. The van der Waals surface area contributed by atoms with E-state index in [-0.39, 0.29) is 24.4 Å². The number of nitrogens with zero attached hydrogens (tertiary/aromatic N) is 1. The Kier molecular flexibility index (Phi) is 6.20. The summed E-state index contributed by atoms with van der Waals surface area (Å²) in [7, 11) is -3.61. The van der Waals surface area contributed by atoms with Gasteiger partial charge < -0.3 is 5.32 Å². The third-order valence-electron chi connectivity index (χ3n) is 5.37. The molecule has 1 heterocycles. The van der Waals surface area contributed by atoms with E-state index in [2.05, 4.69) is 5.32 Å². The highest BCUT2D eigenvalue weighted by molar-refractivity contribution is 7.89. The quantitative estimate of drug-likeness (QED) is 0.834. The van der Waals surface area contributed by atoms with Crippen LogP contribution in [-0.4, -0.2) is 31.7 Å². The molecule has 0 unspecified atom stereocenters. The fourth-order valence-corrected chi connectivity index (χ4v) is 5.49. The Bertz CT molecular complexity index is 942. The molecular formula is C22H28N2O3S. The zero-order valence-electron chi connectivity index (χ0n) is 16.7. The minimum Gasteiger partial charge on any atom is -0.349 e. The topological polar surface area (TPSA) is 66.5 Å². The van der Waals surface area contributed by atoms with Crippen LogP contribution < -0.4 is 5.32 Å². The van der Waals surface area contributed by atoms with Crippen molar-refractivity contribution in [2.75, 3.05) is 13.1 Å². The molecule has 0 bridgehead atoms. The maximum Gasteiger partial charge on any atom is 0.243 e. The van der Waals surface area contributed by atoms with Crippen LogP contribution in [0.2, 0.25) is 0 Å². The number of carbonyl (C=O) groups excluding carboxylic acids is 1. The number of aryl methyl sites for hydroxylation is 2. The van der Waals surface area contributed by atoms with Crippen molar-refractivity contribution >= 4 is 15.9 Å². The molecule has 2 aromatic carbocycles. The predicted molar refractivity (Wildman–Crippen MR) is 110 cm³/mol. The minimum atomic E-state index is -3.61. The van der Waals surface area contributed by atoms with Crippen molar-refractivity contribution in [2.45, 2.75) is 44.6 Å². The van der Waals surface area contributed by atoms with Crippen molar-refractivity contribution in [2.24, 2.45) is 5.92 Å². The van der Waals surface area contributed by atoms with E-state index in [4.69, 9.17) is 0 Å². The molecule has 1 amide bonds. The van der Waals surface area contributed by atoms with Gasteiger partial charge in [0.15, 0.2) is 0 Å². The van der Waals surface area contributed by atoms with Gasteiger partial charge in [0.2, 0.25) is 15.9 Å². The van der Waals surface area contributed by atoms with Crippen LogP contribution in [0.25, 0.3) is 0 Å². The largest absolute Gasteiger partial charge is 0.349 e. The number of benzene rings is 2. The summed E-state index contributed by atoms with van der Waals surface area (Å²) >= 11 is 0. The van der Waals surface area contributed by atoms with Crippen LogP contribution in [0.1, 0.15) is 42.5 Å². The zero-order chi connectivity index (χ0) is 20.3. The third kappa shape index (κ3) is 4.45. The molecule has 1 fully saturated rings. The molecule has 1 N–H and O–H groups in total. The van der Waals surface area contributed by atoms with E-state index in [0.29, 0.717) is 24.3 Å². The molecule has 6 heteroatoms. The summed E-state index contributed by atoms with van der Waals surface area (Å²) in [5.41, 5.74) is 2.67. The normalized spacial score (nSPS) is 19.2. The van der Waals surface area contributed by atoms with E-state index >= 15 is 0 Å². The summed E-state index contributed by atoms with van der Waals surface area (Å²) in [4.78, 5) is 13.1. The maximum atomic E-state index is 13.2. The van der Waals surface area contributed by atoms with E-state index in [0.717, 1.165) is 16.7 Å². The van der Waals surface area contributed by atoms with E-state index in [1.165, 1.54) is 4.31 Å². The summed E-state index contributed by atoms with van der Waals surface area (Å²) in [6.07, 6.45) is 1.38. The van der Waals surface area contributed by atoms with Crippen LogP contribution >= 0.6 is 0 Å². The van der Waals surface area contributed by atoms with Crippen LogP contribution in [0.4, 0.5) is 0 Å². The molecule has 0 spiro atoms. The minimum absolute atomic E-state index is 0.0859. The Morgan fingerprint density at radius 3 is 2.57 bits per heavy atom. The standard InChI is InChI=1S/C22H28N2O3S/c1-16-11-12-17(2)21(14-16)28(26,27)24-13-7-10-20(15-24)22(25)23-18(3)19-8-5-4-6-9-19/h4-6,8-9,11-12,14,18,20H,7,10,13,15H2,1-3H3,(H,23,25)/t18-,20-/m0/s1. The number of sulfonamides is 1. The van der Waals surface area contributed by atoms with E-state index in [1.54, 1.807) is 6.07 Å². The van der Waals surface area contributed by atoms with Gasteiger partial charge in [-0.1, -0.05) is 42.5 Å². The van der Waals surface area contributed by atoms with Gasteiger partial charge in [0.05, 0.1) is 16.9 Å². The lowest BCUT2D eigenvalue weighted by Gasteiger charge is -2.32. The zero-order valence-corrected chi connectivity index (χ0v) is 17.5. The van der Waals surface area contributed by atoms with Gasteiger partial charge in [0.1, 0.15) is 0 Å². The SMILES string of the molecule is Cc1ccc(C)c(S(=O)(=O)N2CCC[C@H](C(=O)N[C@@H](C)c3ccccc3)C2)c1. The fraction of sp³-hybridized carbons (Fsp3) is 0.409. The fourth-order valence-electron chi connectivity index (χ4n) is 3.66. The highest BCUT2D eigenvalue weighted by Crippen LogP contribution is 2.27. The number of piperidine rings is 1. The molecule has 2 atom stereocenters. The maximum absolute atomic E-state index is 13.2. The number of nitrogens with one attached hydrogen (secondary N) is 1. The third-order valence-corrected chi connectivity index (χ3v) is 7.38. The molecule has 1 saturated heterocycles. The lowest BCUT2D eigenvalue weighted by molar-refractivity contribution is -0.126. The van der Waals surface area contributed by atoms with Gasteiger partial charge in [-0.05, 0) is 56.4 Å². The lowest BCUT2D eigenvalue weighted by Crippen LogP contribution is -2.45. The first-order chi connectivity index (χ1) is 13.3. The Morgan fingerprint density at radius 2 is 1.86 bits per heavy atom. The molecule has 1 aliphatic rings. The van der Waals surface area contributed by atoms with Gasteiger partial charge >= 0.3 is 0 Å². The average molecular weight is 401 g/mol. The van der Waals surface area contributed by atoms with Crippen LogP contribution in [-0.2, 0) is 14.8 Å². The second-order valence-electron chi connectivity index (χ2n) is 7.61. The smallest absolute Gasteiger partial charge is 0.243 e. The number of carbonyl (C=O) groups is 1. The monoisotopic (exact) mass is 400 g/mol. The van der Waals surface area contributed by atoms with Gasteiger partial charge in [0.25, 0.3) is 0 Å². The molecule has 5 nitrogen and oxygen atoms in total. The lowest BCUT2D eigenvalue weighted by atomic mass is 9.98. The second kappa shape index (κ2) is 8.45. The summed E-state index contributed by atoms with van der Waals surface area (Å²) < 4.78 is 27.8. The first-order valence-corrected chi connectivity index (χ1v) is 11.2. The molecule has 1 aliphatic heterocycles. The Hall–Kier alpha value is -2.18. The predicted octanol–water partition coefficient (Wildman–Crippen LogP) is 3.58. The number of rotatable bonds is 5. The van der Waals surface area contributed by atoms with E-state index < -0.39 is 10.0 Å².